The van der Waals surface area contributed by atoms with Crippen LogP contribution in [0.3, 0.4) is 0 Å². The second-order valence-corrected chi connectivity index (χ2v) is 7.61. The average molecular weight is 356 g/mol. The molecule has 0 bridgehead atoms. The van der Waals surface area contributed by atoms with Crippen LogP contribution >= 0.6 is 0 Å². The fourth-order valence-corrected chi connectivity index (χ4v) is 3.05. The van der Waals surface area contributed by atoms with E-state index in [0.717, 1.165) is 13.2 Å². The topological polar surface area (TPSA) is 151 Å². The van der Waals surface area contributed by atoms with Gasteiger partial charge in [-0.25, -0.2) is 0 Å². The van der Waals surface area contributed by atoms with Gasteiger partial charge in [0.05, 0.1) is 37.3 Å². The van der Waals surface area contributed by atoms with Crippen LogP contribution in [0.5, 0.6) is 0 Å². The number of Topliss-reactive ketones (excluding diaryl/α,β-unsaturated/α-hetero) is 1. The molecule has 6 atom stereocenters. The summed E-state index contributed by atoms with van der Waals surface area (Å²) in [6, 6.07) is 0. The van der Waals surface area contributed by atoms with E-state index < -0.39 is 65.0 Å². The van der Waals surface area contributed by atoms with Gasteiger partial charge in [0, 0.05) is 25.7 Å². The molecule has 0 amide bonds. The Morgan fingerprint density at radius 1 is 1.43 bits per heavy atom. The van der Waals surface area contributed by atoms with Crippen LogP contribution in [0, 0.1) is 5.92 Å². The largest absolute Gasteiger partial charge is 0.393 e. The first-order chi connectivity index (χ1) is 10.4. The summed E-state index contributed by atoms with van der Waals surface area (Å²) in [6.07, 6.45) is -4.43. The van der Waals surface area contributed by atoms with Crippen molar-refractivity contribution in [3.8, 4) is 0 Å². The standard InChI is InChI=1S/C13H24O9S/c1-7(14)12-10(17)5-13(18,8(2)15)22-11(12)4-9(16)6-21-23(3,19)20/h7,9-12,14,16-18H,4-6H2,1-3H3/t7?,9-,10?,11?,12?,13?/m0/s1. The molecule has 0 aliphatic carbocycles. The SMILES string of the molecule is CC(=O)C1(O)CC(O)C(C(C)O)C(C[C@H](O)COS(C)(=O)=O)O1. The lowest BCUT2D eigenvalue weighted by molar-refractivity contribution is -0.285. The Balaban J connectivity index is 2.86. The first-order valence-corrected chi connectivity index (χ1v) is 8.97. The second-order valence-electron chi connectivity index (χ2n) is 5.96. The highest BCUT2D eigenvalue weighted by atomic mass is 32.2. The maximum Gasteiger partial charge on any atom is 0.264 e. The molecule has 1 fully saturated rings. The third-order valence-corrected chi connectivity index (χ3v) is 4.36. The molecular formula is C13H24O9S. The van der Waals surface area contributed by atoms with Gasteiger partial charge in [0.1, 0.15) is 0 Å². The minimum Gasteiger partial charge on any atom is -0.393 e. The number of rotatable bonds is 7. The van der Waals surface area contributed by atoms with Crippen molar-refractivity contribution in [2.24, 2.45) is 5.92 Å². The van der Waals surface area contributed by atoms with E-state index in [1.165, 1.54) is 6.92 Å². The van der Waals surface area contributed by atoms with Crippen molar-refractivity contribution in [2.75, 3.05) is 12.9 Å². The van der Waals surface area contributed by atoms with Crippen LogP contribution < -0.4 is 0 Å². The Labute approximate surface area is 135 Å². The van der Waals surface area contributed by atoms with Crippen molar-refractivity contribution in [2.45, 2.75) is 56.9 Å². The number of aliphatic hydroxyl groups excluding tert-OH is 3. The van der Waals surface area contributed by atoms with E-state index in [1.807, 2.05) is 0 Å². The normalized spacial score (nSPS) is 34.8. The lowest BCUT2D eigenvalue weighted by Crippen LogP contribution is -2.58. The van der Waals surface area contributed by atoms with Gasteiger partial charge < -0.3 is 25.2 Å². The third-order valence-electron chi connectivity index (χ3n) is 3.79. The van der Waals surface area contributed by atoms with Gasteiger partial charge in [-0.3, -0.25) is 8.98 Å². The predicted octanol–water partition coefficient (Wildman–Crippen LogP) is -1.86. The summed E-state index contributed by atoms with van der Waals surface area (Å²) in [6.45, 7) is 1.96. The third kappa shape index (κ3) is 5.75. The van der Waals surface area contributed by atoms with Crippen molar-refractivity contribution in [3.05, 3.63) is 0 Å². The molecule has 4 N–H and O–H groups in total. The Morgan fingerprint density at radius 3 is 2.43 bits per heavy atom. The molecule has 1 aliphatic rings. The molecule has 9 nitrogen and oxygen atoms in total. The van der Waals surface area contributed by atoms with Crippen LogP contribution in [0.15, 0.2) is 0 Å². The number of ether oxygens (including phenoxy) is 1. The van der Waals surface area contributed by atoms with Crippen molar-refractivity contribution in [1.29, 1.82) is 0 Å². The van der Waals surface area contributed by atoms with Crippen LogP contribution in [0.2, 0.25) is 0 Å². The van der Waals surface area contributed by atoms with E-state index in [2.05, 4.69) is 4.18 Å². The van der Waals surface area contributed by atoms with Gasteiger partial charge in [-0.05, 0) is 6.92 Å². The average Bonchev–Trinajstić information content (AvgIpc) is 2.34. The number of ketones is 1. The van der Waals surface area contributed by atoms with E-state index >= 15 is 0 Å². The molecule has 0 aromatic heterocycles. The Morgan fingerprint density at radius 2 is 2.00 bits per heavy atom. The Bertz CT molecular complexity index is 518. The maximum atomic E-state index is 11.5. The molecule has 10 heteroatoms. The monoisotopic (exact) mass is 356 g/mol. The summed E-state index contributed by atoms with van der Waals surface area (Å²) in [5, 5.41) is 39.9. The van der Waals surface area contributed by atoms with Gasteiger partial charge >= 0.3 is 0 Å². The zero-order valence-electron chi connectivity index (χ0n) is 13.2. The summed E-state index contributed by atoms with van der Waals surface area (Å²) in [5.74, 6) is -3.79. The number of carbonyl (C=O) groups excluding carboxylic acids is 1. The molecule has 0 aromatic carbocycles. The van der Waals surface area contributed by atoms with E-state index in [4.69, 9.17) is 4.74 Å². The van der Waals surface area contributed by atoms with Crippen molar-refractivity contribution in [1.82, 2.24) is 0 Å². The van der Waals surface area contributed by atoms with E-state index in [9.17, 15) is 33.6 Å². The number of carbonyl (C=O) groups is 1. The lowest BCUT2D eigenvalue weighted by atomic mass is 9.81. The highest BCUT2D eigenvalue weighted by molar-refractivity contribution is 7.85. The fourth-order valence-electron chi connectivity index (χ4n) is 2.65. The van der Waals surface area contributed by atoms with Crippen LogP contribution in [0.1, 0.15) is 26.7 Å². The van der Waals surface area contributed by atoms with Crippen LogP contribution in [-0.2, 0) is 23.8 Å². The first-order valence-electron chi connectivity index (χ1n) is 7.15. The molecule has 0 radical (unpaired) electrons. The molecule has 5 unspecified atom stereocenters. The van der Waals surface area contributed by atoms with Gasteiger partial charge in [0.15, 0.2) is 5.78 Å². The summed E-state index contributed by atoms with van der Waals surface area (Å²) < 4.78 is 31.6. The quantitative estimate of drug-likeness (QED) is 0.385. The number of hydrogen-bond donors (Lipinski definition) is 4. The van der Waals surface area contributed by atoms with Gasteiger partial charge in [-0.2, -0.15) is 8.42 Å². The van der Waals surface area contributed by atoms with Crippen molar-refractivity contribution >= 4 is 15.9 Å². The maximum absolute atomic E-state index is 11.5. The van der Waals surface area contributed by atoms with Crippen molar-refractivity contribution in [3.63, 3.8) is 0 Å². The molecule has 0 saturated carbocycles. The summed E-state index contributed by atoms with van der Waals surface area (Å²) in [4.78, 5) is 11.5. The predicted molar refractivity (Wildman–Crippen MR) is 77.7 cm³/mol. The molecule has 1 aliphatic heterocycles. The van der Waals surface area contributed by atoms with E-state index in [-0.39, 0.29) is 6.42 Å². The van der Waals surface area contributed by atoms with Crippen LogP contribution in [0.25, 0.3) is 0 Å². The Hall–Kier alpha value is -0.620. The first kappa shape index (κ1) is 20.4. The molecule has 1 rings (SSSR count). The zero-order chi connectivity index (χ0) is 18.0. The van der Waals surface area contributed by atoms with Gasteiger partial charge in [0.2, 0.25) is 5.79 Å². The van der Waals surface area contributed by atoms with Gasteiger partial charge in [0.25, 0.3) is 10.1 Å². The molecule has 0 aromatic rings. The summed E-state index contributed by atoms with van der Waals surface area (Å²) in [7, 11) is -3.74. The Kier molecular flexibility index (Phi) is 6.67. The van der Waals surface area contributed by atoms with E-state index in [1.54, 1.807) is 0 Å². The minimum absolute atomic E-state index is 0.238. The fraction of sp³-hybridized carbons (Fsp3) is 0.923. The van der Waals surface area contributed by atoms with Crippen molar-refractivity contribution < 1.29 is 42.6 Å². The summed E-state index contributed by atoms with van der Waals surface area (Å²) in [5.41, 5.74) is 0. The molecule has 1 saturated heterocycles. The molecule has 136 valence electrons. The zero-order valence-corrected chi connectivity index (χ0v) is 14.1. The lowest BCUT2D eigenvalue weighted by Gasteiger charge is -2.44. The number of aliphatic hydroxyl groups is 4. The minimum atomic E-state index is -3.74. The summed E-state index contributed by atoms with van der Waals surface area (Å²) >= 11 is 0. The van der Waals surface area contributed by atoms with E-state index in [0.29, 0.717) is 0 Å². The molecule has 0 spiro atoms. The van der Waals surface area contributed by atoms with Gasteiger partial charge in [-0.15, -0.1) is 0 Å². The number of hydrogen-bond acceptors (Lipinski definition) is 9. The van der Waals surface area contributed by atoms with Crippen LogP contribution in [0.4, 0.5) is 0 Å². The van der Waals surface area contributed by atoms with Gasteiger partial charge in [-0.1, -0.05) is 0 Å². The highest BCUT2D eigenvalue weighted by Gasteiger charge is 2.50. The molecular weight excluding hydrogens is 332 g/mol. The second kappa shape index (κ2) is 7.51. The molecule has 1 heterocycles. The highest BCUT2D eigenvalue weighted by Crippen LogP contribution is 2.36. The smallest absolute Gasteiger partial charge is 0.264 e. The van der Waals surface area contributed by atoms with Crippen LogP contribution in [-0.4, -0.2) is 77.7 Å². The molecule has 23 heavy (non-hydrogen) atoms.